The Balaban J connectivity index is 3.94. The smallest absolute Gasteiger partial charge is 0.0924 e. The van der Waals surface area contributed by atoms with Gasteiger partial charge in [-0.25, -0.2) is 0 Å². The molecule has 0 rings (SSSR count). The summed E-state index contributed by atoms with van der Waals surface area (Å²) in [7, 11) is 0. The number of hydroxylamine groups is 1. The molecule has 0 aromatic rings. The fourth-order valence-corrected chi connectivity index (χ4v) is 0.685. The highest BCUT2D eigenvalue weighted by Gasteiger charge is 1.89. The molecule has 0 radical (unpaired) electrons. The zero-order valence-electron chi connectivity index (χ0n) is 8.76. The van der Waals surface area contributed by atoms with Crippen molar-refractivity contribution in [2.24, 2.45) is 0 Å². The van der Waals surface area contributed by atoms with E-state index in [1.54, 1.807) is 6.08 Å². The van der Waals surface area contributed by atoms with Gasteiger partial charge in [0.05, 0.1) is 6.61 Å². The van der Waals surface area contributed by atoms with Crippen molar-refractivity contribution in [2.75, 3.05) is 6.61 Å². The lowest BCUT2D eigenvalue weighted by Crippen LogP contribution is -2.13. The van der Waals surface area contributed by atoms with Gasteiger partial charge in [0.2, 0.25) is 0 Å². The predicted octanol–water partition coefficient (Wildman–Crippen LogP) is 2.95. The van der Waals surface area contributed by atoms with Crippen LogP contribution in [0.25, 0.3) is 0 Å². The molecular weight excluding hydrogens is 162 g/mol. The van der Waals surface area contributed by atoms with E-state index in [0.29, 0.717) is 6.61 Å². The normalized spacial score (nSPS) is 10.8. The molecule has 2 nitrogen and oxygen atoms in total. The van der Waals surface area contributed by atoms with Crippen molar-refractivity contribution in [1.29, 1.82) is 0 Å². The van der Waals surface area contributed by atoms with E-state index in [9.17, 15) is 0 Å². The van der Waals surface area contributed by atoms with E-state index in [-0.39, 0.29) is 0 Å². The lowest BCUT2D eigenvalue weighted by molar-refractivity contribution is 0.0842. The van der Waals surface area contributed by atoms with Crippen LogP contribution in [-0.4, -0.2) is 6.61 Å². The SMILES string of the molecule is C=CCONC(=CC=C(C)C)CC. The first-order valence-corrected chi connectivity index (χ1v) is 4.53. The first-order chi connectivity index (χ1) is 6.20. The average molecular weight is 181 g/mol. The fourth-order valence-electron chi connectivity index (χ4n) is 0.685. The third-order valence-corrected chi connectivity index (χ3v) is 1.40. The number of nitrogens with one attached hydrogen (secondary N) is 1. The average Bonchev–Trinajstić information content (AvgIpc) is 2.10. The second-order valence-electron chi connectivity index (χ2n) is 2.99. The topological polar surface area (TPSA) is 21.3 Å². The molecule has 0 fully saturated rings. The van der Waals surface area contributed by atoms with Gasteiger partial charge in [0.15, 0.2) is 0 Å². The van der Waals surface area contributed by atoms with Crippen LogP contribution in [0.2, 0.25) is 0 Å². The predicted molar refractivity (Wildman–Crippen MR) is 57.1 cm³/mol. The maximum atomic E-state index is 5.10. The van der Waals surface area contributed by atoms with Crippen LogP contribution in [0.15, 0.2) is 36.1 Å². The highest BCUT2D eigenvalue weighted by Crippen LogP contribution is 1.98. The molecule has 0 aliphatic rings. The Morgan fingerprint density at radius 2 is 2.08 bits per heavy atom. The Morgan fingerprint density at radius 1 is 1.38 bits per heavy atom. The van der Waals surface area contributed by atoms with Crippen LogP contribution in [0.5, 0.6) is 0 Å². The molecule has 0 aliphatic heterocycles. The third-order valence-electron chi connectivity index (χ3n) is 1.40. The Labute approximate surface area is 80.9 Å². The summed E-state index contributed by atoms with van der Waals surface area (Å²) in [6.07, 6.45) is 6.73. The van der Waals surface area contributed by atoms with Gasteiger partial charge in [-0.3, -0.25) is 10.3 Å². The quantitative estimate of drug-likeness (QED) is 0.294. The molecule has 74 valence electrons. The van der Waals surface area contributed by atoms with Crippen molar-refractivity contribution in [3.05, 3.63) is 36.1 Å². The van der Waals surface area contributed by atoms with E-state index in [0.717, 1.165) is 12.1 Å². The molecule has 13 heavy (non-hydrogen) atoms. The Hall–Kier alpha value is -1.02. The van der Waals surface area contributed by atoms with Gasteiger partial charge < -0.3 is 0 Å². The van der Waals surface area contributed by atoms with Crippen LogP contribution in [-0.2, 0) is 4.84 Å². The first kappa shape index (κ1) is 12.0. The summed E-state index contributed by atoms with van der Waals surface area (Å²) in [6.45, 7) is 10.3. The van der Waals surface area contributed by atoms with Crippen molar-refractivity contribution in [3.63, 3.8) is 0 Å². The van der Waals surface area contributed by atoms with Crippen molar-refractivity contribution in [3.8, 4) is 0 Å². The summed E-state index contributed by atoms with van der Waals surface area (Å²) in [5.41, 5.74) is 5.22. The molecule has 0 heterocycles. The van der Waals surface area contributed by atoms with Crippen molar-refractivity contribution < 1.29 is 4.84 Å². The summed E-state index contributed by atoms with van der Waals surface area (Å²) < 4.78 is 0. The molecule has 0 atom stereocenters. The van der Waals surface area contributed by atoms with Crippen LogP contribution in [0.1, 0.15) is 27.2 Å². The van der Waals surface area contributed by atoms with E-state index in [1.807, 2.05) is 6.08 Å². The molecule has 0 aliphatic carbocycles. The number of hydrogen-bond donors (Lipinski definition) is 1. The molecule has 0 amide bonds. The maximum absolute atomic E-state index is 5.10. The van der Waals surface area contributed by atoms with Gasteiger partial charge in [0, 0.05) is 5.70 Å². The Morgan fingerprint density at radius 3 is 2.54 bits per heavy atom. The zero-order valence-corrected chi connectivity index (χ0v) is 8.76. The number of hydrogen-bond acceptors (Lipinski definition) is 2. The van der Waals surface area contributed by atoms with Gasteiger partial charge in [0.1, 0.15) is 0 Å². The van der Waals surface area contributed by atoms with E-state index in [2.05, 4.69) is 38.9 Å². The minimum atomic E-state index is 0.520. The molecule has 0 spiro atoms. The van der Waals surface area contributed by atoms with Crippen LogP contribution in [0.4, 0.5) is 0 Å². The monoisotopic (exact) mass is 181 g/mol. The van der Waals surface area contributed by atoms with Gasteiger partial charge in [-0.15, -0.1) is 6.58 Å². The maximum Gasteiger partial charge on any atom is 0.0924 e. The molecule has 2 heteroatoms. The van der Waals surface area contributed by atoms with Crippen molar-refractivity contribution >= 4 is 0 Å². The molecule has 0 aromatic heterocycles. The lowest BCUT2D eigenvalue weighted by atomic mass is 10.2. The van der Waals surface area contributed by atoms with Crippen LogP contribution in [0, 0.1) is 0 Å². The minimum absolute atomic E-state index is 0.520. The van der Waals surface area contributed by atoms with Gasteiger partial charge >= 0.3 is 0 Å². The first-order valence-electron chi connectivity index (χ1n) is 4.53. The molecule has 0 bridgehead atoms. The second-order valence-corrected chi connectivity index (χ2v) is 2.99. The van der Waals surface area contributed by atoms with Crippen molar-refractivity contribution in [1.82, 2.24) is 5.48 Å². The van der Waals surface area contributed by atoms with Gasteiger partial charge in [0.25, 0.3) is 0 Å². The van der Waals surface area contributed by atoms with Gasteiger partial charge in [-0.05, 0) is 26.3 Å². The summed E-state index contributed by atoms with van der Waals surface area (Å²) >= 11 is 0. The molecule has 1 N–H and O–H groups in total. The molecule has 0 aromatic carbocycles. The fraction of sp³-hybridized carbons (Fsp3) is 0.455. The van der Waals surface area contributed by atoms with E-state index in [4.69, 9.17) is 4.84 Å². The molecule has 0 saturated carbocycles. The minimum Gasteiger partial charge on any atom is -0.272 e. The van der Waals surface area contributed by atoms with E-state index < -0.39 is 0 Å². The second kappa shape index (κ2) is 7.62. The molecule has 0 unspecified atom stereocenters. The lowest BCUT2D eigenvalue weighted by Gasteiger charge is -2.06. The number of rotatable bonds is 6. The highest BCUT2D eigenvalue weighted by molar-refractivity contribution is 5.13. The van der Waals surface area contributed by atoms with Crippen LogP contribution in [0.3, 0.4) is 0 Å². The molecular formula is C11H19NO. The van der Waals surface area contributed by atoms with Crippen molar-refractivity contribution in [2.45, 2.75) is 27.2 Å². The van der Waals surface area contributed by atoms with E-state index >= 15 is 0 Å². The zero-order chi connectivity index (χ0) is 10.1. The third kappa shape index (κ3) is 7.34. The summed E-state index contributed by atoms with van der Waals surface area (Å²) in [4.78, 5) is 5.10. The standard InChI is InChI=1S/C11H19NO/c1-5-9-13-12-11(6-2)8-7-10(3)4/h5,7-8,12H,1,6,9H2,2-4H3. The largest absolute Gasteiger partial charge is 0.272 e. The summed E-state index contributed by atoms with van der Waals surface area (Å²) in [6, 6.07) is 0. The Kier molecular flexibility index (Phi) is 7.02. The van der Waals surface area contributed by atoms with Crippen LogP contribution >= 0.6 is 0 Å². The highest BCUT2D eigenvalue weighted by atomic mass is 16.6. The number of allylic oxidation sites excluding steroid dienone is 4. The Bertz CT molecular complexity index is 200. The van der Waals surface area contributed by atoms with Crippen LogP contribution < -0.4 is 5.48 Å². The summed E-state index contributed by atoms with van der Waals surface area (Å²) in [5.74, 6) is 0. The van der Waals surface area contributed by atoms with E-state index in [1.165, 1.54) is 5.57 Å². The summed E-state index contributed by atoms with van der Waals surface area (Å²) in [5, 5.41) is 0. The van der Waals surface area contributed by atoms with Gasteiger partial charge in [-0.1, -0.05) is 24.6 Å². The van der Waals surface area contributed by atoms with Gasteiger partial charge in [-0.2, -0.15) is 0 Å². The molecule has 0 saturated heterocycles.